The van der Waals surface area contributed by atoms with Crippen LogP contribution >= 0.6 is 11.6 Å². The normalized spacial score (nSPS) is 10.2. The lowest BCUT2D eigenvalue weighted by molar-refractivity contribution is -0.0500. The van der Waals surface area contributed by atoms with Crippen molar-refractivity contribution in [1.82, 2.24) is 0 Å². The zero-order chi connectivity index (χ0) is 9.84. The number of alkyl halides is 2. The Morgan fingerprint density at radius 3 is 2.69 bits per heavy atom. The second kappa shape index (κ2) is 4.18. The number of aldehydes is 1. The monoisotopic (exact) mass is 206 g/mol. The van der Waals surface area contributed by atoms with Gasteiger partial charge in [-0.2, -0.15) is 8.78 Å². The van der Waals surface area contributed by atoms with Crippen LogP contribution in [0.15, 0.2) is 18.2 Å². The first-order valence-electron chi connectivity index (χ1n) is 3.33. The van der Waals surface area contributed by atoms with Gasteiger partial charge >= 0.3 is 6.61 Å². The number of halogens is 3. The highest BCUT2D eigenvalue weighted by molar-refractivity contribution is 6.30. The fraction of sp³-hybridized carbons (Fsp3) is 0.125. The molecule has 0 aromatic heterocycles. The Hall–Kier alpha value is -1.16. The number of carbonyl (C=O) groups excluding carboxylic acids is 1. The fourth-order valence-electron chi connectivity index (χ4n) is 0.804. The molecule has 13 heavy (non-hydrogen) atoms. The minimum Gasteiger partial charge on any atom is -0.434 e. The van der Waals surface area contributed by atoms with E-state index in [1.54, 1.807) is 0 Å². The van der Waals surface area contributed by atoms with Crippen LogP contribution in [0, 0.1) is 0 Å². The lowest BCUT2D eigenvalue weighted by Gasteiger charge is -2.06. The maximum absolute atomic E-state index is 11.8. The van der Waals surface area contributed by atoms with E-state index in [4.69, 9.17) is 11.6 Å². The molecule has 0 aliphatic carbocycles. The molecule has 1 aromatic carbocycles. The predicted molar refractivity (Wildman–Crippen MR) is 43.5 cm³/mol. The van der Waals surface area contributed by atoms with E-state index in [0.29, 0.717) is 6.29 Å². The number of hydrogen-bond donors (Lipinski definition) is 0. The van der Waals surface area contributed by atoms with Gasteiger partial charge in [0, 0.05) is 5.02 Å². The molecule has 0 N–H and O–H groups in total. The van der Waals surface area contributed by atoms with Crippen molar-refractivity contribution in [2.24, 2.45) is 0 Å². The third-order valence-corrected chi connectivity index (χ3v) is 1.55. The maximum atomic E-state index is 11.8. The number of ether oxygens (including phenoxy) is 1. The molecule has 0 aliphatic rings. The first kappa shape index (κ1) is 9.92. The molecule has 70 valence electrons. The van der Waals surface area contributed by atoms with Gasteiger partial charge in [0.1, 0.15) is 5.75 Å². The van der Waals surface area contributed by atoms with E-state index in [0.717, 1.165) is 6.07 Å². The molecule has 0 aliphatic heterocycles. The van der Waals surface area contributed by atoms with E-state index in [9.17, 15) is 13.6 Å². The van der Waals surface area contributed by atoms with Gasteiger partial charge < -0.3 is 4.74 Å². The Morgan fingerprint density at radius 1 is 1.46 bits per heavy atom. The molecule has 0 saturated carbocycles. The minimum atomic E-state index is -2.96. The van der Waals surface area contributed by atoms with Crippen LogP contribution in [0.1, 0.15) is 10.4 Å². The van der Waals surface area contributed by atoms with Crippen molar-refractivity contribution in [3.8, 4) is 5.75 Å². The van der Waals surface area contributed by atoms with E-state index in [1.807, 2.05) is 0 Å². The number of hydrogen-bond acceptors (Lipinski definition) is 2. The molecule has 0 radical (unpaired) electrons. The van der Waals surface area contributed by atoms with Crippen molar-refractivity contribution in [1.29, 1.82) is 0 Å². The Morgan fingerprint density at radius 2 is 2.15 bits per heavy atom. The van der Waals surface area contributed by atoms with E-state index < -0.39 is 6.61 Å². The first-order chi connectivity index (χ1) is 6.13. The molecule has 0 bridgehead atoms. The van der Waals surface area contributed by atoms with Crippen LogP contribution in [0.3, 0.4) is 0 Å². The molecule has 1 aromatic rings. The molecular weight excluding hydrogens is 202 g/mol. The van der Waals surface area contributed by atoms with Crippen LogP contribution in [-0.4, -0.2) is 12.9 Å². The van der Waals surface area contributed by atoms with Gasteiger partial charge in [-0.1, -0.05) is 11.6 Å². The Kier molecular flexibility index (Phi) is 3.19. The van der Waals surface area contributed by atoms with Gasteiger partial charge in [0.15, 0.2) is 6.29 Å². The summed E-state index contributed by atoms with van der Waals surface area (Å²) in [4.78, 5) is 10.4. The second-order valence-electron chi connectivity index (χ2n) is 2.18. The summed E-state index contributed by atoms with van der Waals surface area (Å²) in [6, 6.07) is 3.90. The van der Waals surface area contributed by atoms with Crippen LogP contribution in [0.4, 0.5) is 8.78 Å². The smallest absolute Gasteiger partial charge is 0.387 e. The number of carbonyl (C=O) groups is 1. The molecule has 0 unspecified atom stereocenters. The minimum absolute atomic E-state index is 0.0460. The summed E-state index contributed by atoms with van der Waals surface area (Å²) in [5.41, 5.74) is 0.0460. The maximum Gasteiger partial charge on any atom is 0.387 e. The van der Waals surface area contributed by atoms with Gasteiger partial charge in [-0.05, 0) is 18.2 Å². The van der Waals surface area contributed by atoms with Crippen LogP contribution < -0.4 is 4.74 Å². The van der Waals surface area contributed by atoms with Gasteiger partial charge in [-0.25, -0.2) is 0 Å². The standard InChI is InChI=1S/C8H5ClF2O2/c9-6-2-1-5(4-12)7(3-6)13-8(10)11/h1-4,8H. The van der Waals surface area contributed by atoms with Gasteiger partial charge in [0.25, 0.3) is 0 Å². The zero-order valence-corrected chi connectivity index (χ0v) is 7.09. The van der Waals surface area contributed by atoms with E-state index in [-0.39, 0.29) is 16.3 Å². The van der Waals surface area contributed by atoms with Crippen molar-refractivity contribution < 1.29 is 18.3 Å². The molecule has 0 atom stereocenters. The van der Waals surface area contributed by atoms with Crippen molar-refractivity contribution in [3.05, 3.63) is 28.8 Å². The molecule has 0 spiro atoms. The Balaban J connectivity index is 3.01. The van der Waals surface area contributed by atoms with E-state index in [1.165, 1.54) is 12.1 Å². The first-order valence-corrected chi connectivity index (χ1v) is 3.71. The van der Waals surface area contributed by atoms with Gasteiger partial charge in [-0.15, -0.1) is 0 Å². The molecule has 0 fully saturated rings. The lowest BCUT2D eigenvalue weighted by Crippen LogP contribution is -2.04. The summed E-state index contributed by atoms with van der Waals surface area (Å²) < 4.78 is 27.6. The van der Waals surface area contributed by atoms with Gasteiger partial charge in [0.2, 0.25) is 0 Å². The molecule has 2 nitrogen and oxygen atoms in total. The fourth-order valence-corrected chi connectivity index (χ4v) is 0.966. The third kappa shape index (κ3) is 2.66. The molecule has 1 rings (SSSR count). The van der Waals surface area contributed by atoms with E-state index in [2.05, 4.69) is 4.74 Å². The zero-order valence-electron chi connectivity index (χ0n) is 6.34. The summed E-state index contributed by atoms with van der Waals surface area (Å²) in [5, 5.41) is 0.237. The quantitative estimate of drug-likeness (QED) is 0.711. The van der Waals surface area contributed by atoms with Gasteiger partial charge in [0.05, 0.1) is 5.56 Å². The predicted octanol–water partition coefficient (Wildman–Crippen LogP) is 2.75. The van der Waals surface area contributed by atoms with Crippen molar-refractivity contribution in [3.63, 3.8) is 0 Å². The van der Waals surface area contributed by atoms with E-state index >= 15 is 0 Å². The Bertz CT molecular complexity index is 315. The van der Waals surface area contributed by atoms with Crippen LogP contribution in [0.5, 0.6) is 5.75 Å². The summed E-state index contributed by atoms with van der Waals surface area (Å²) in [6.07, 6.45) is 0.425. The molecule has 0 heterocycles. The highest BCUT2D eigenvalue weighted by Gasteiger charge is 2.09. The second-order valence-corrected chi connectivity index (χ2v) is 2.61. The topological polar surface area (TPSA) is 26.3 Å². The largest absolute Gasteiger partial charge is 0.434 e. The highest BCUT2D eigenvalue weighted by Crippen LogP contribution is 2.23. The molecular formula is C8H5ClF2O2. The van der Waals surface area contributed by atoms with Gasteiger partial charge in [-0.3, -0.25) is 4.79 Å². The summed E-state index contributed by atoms with van der Waals surface area (Å²) in [6.45, 7) is -2.96. The molecule has 0 saturated heterocycles. The van der Waals surface area contributed by atoms with Crippen LogP contribution in [0.25, 0.3) is 0 Å². The SMILES string of the molecule is O=Cc1ccc(Cl)cc1OC(F)F. The van der Waals surface area contributed by atoms with Crippen molar-refractivity contribution >= 4 is 17.9 Å². The average Bonchev–Trinajstić information content (AvgIpc) is 2.03. The number of benzene rings is 1. The summed E-state index contributed by atoms with van der Waals surface area (Å²) in [7, 11) is 0. The highest BCUT2D eigenvalue weighted by atomic mass is 35.5. The van der Waals surface area contributed by atoms with Crippen molar-refractivity contribution in [2.75, 3.05) is 0 Å². The lowest BCUT2D eigenvalue weighted by atomic mass is 10.2. The summed E-state index contributed by atoms with van der Waals surface area (Å²) in [5.74, 6) is -0.211. The molecule has 5 heteroatoms. The third-order valence-electron chi connectivity index (χ3n) is 1.32. The average molecular weight is 207 g/mol. The number of rotatable bonds is 3. The summed E-state index contributed by atoms with van der Waals surface area (Å²) >= 11 is 5.52. The molecule has 0 amide bonds. The van der Waals surface area contributed by atoms with Crippen molar-refractivity contribution in [2.45, 2.75) is 6.61 Å². The van der Waals surface area contributed by atoms with Crippen LogP contribution in [0.2, 0.25) is 5.02 Å². The Labute approximate surface area is 78.1 Å². The van der Waals surface area contributed by atoms with Crippen LogP contribution in [-0.2, 0) is 0 Å².